The van der Waals surface area contributed by atoms with Crippen molar-refractivity contribution in [1.82, 2.24) is 29.1 Å². The number of piperazine rings is 1. The molecule has 3 heterocycles. The van der Waals surface area contributed by atoms with E-state index in [0.717, 1.165) is 37.3 Å². The van der Waals surface area contributed by atoms with E-state index in [4.69, 9.17) is 11.6 Å². The summed E-state index contributed by atoms with van der Waals surface area (Å²) >= 11 is 6.09. The smallest absolute Gasteiger partial charge is 0.137 e. The number of aromatic nitrogens is 4. The third-order valence-electron chi connectivity index (χ3n) is 8.44. The van der Waals surface area contributed by atoms with E-state index < -0.39 is 23.3 Å². The topological polar surface area (TPSA) is 62.4 Å². The second-order valence-electron chi connectivity index (χ2n) is 11.1. The van der Waals surface area contributed by atoms with Crippen molar-refractivity contribution in [1.29, 1.82) is 0 Å². The molecule has 0 bridgehead atoms. The van der Waals surface area contributed by atoms with Crippen molar-refractivity contribution in [2.75, 3.05) is 26.2 Å². The van der Waals surface area contributed by atoms with Gasteiger partial charge in [-0.2, -0.15) is 5.10 Å². The molecule has 1 N–H and O–H groups in total. The highest BCUT2D eigenvalue weighted by molar-refractivity contribution is 6.30. The minimum absolute atomic E-state index is 0.00986. The molecule has 0 saturated carbocycles. The first kappa shape index (κ1) is 28.5. The fraction of sp³-hybridized carbons (Fsp3) is 0.312. The Kier molecular flexibility index (Phi) is 8.09. The van der Waals surface area contributed by atoms with Gasteiger partial charge in [0, 0.05) is 79.1 Å². The average molecular weight is 591 g/mol. The van der Waals surface area contributed by atoms with Crippen molar-refractivity contribution < 1.29 is 13.9 Å². The number of rotatable bonds is 9. The van der Waals surface area contributed by atoms with Gasteiger partial charge in [0.25, 0.3) is 0 Å². The molecule has 1 fully saturated rings. The SMILES string of the molecule is C[C@@H](N1CCN(Cc2cn(Cc3ccc(Cl)cc3)c3ccccc23)CC1)[C@](O)(Cn1cncn1)c1ccc(F)cc1F. The van der Waals surface area contributed by atoms with Crippen molar-refractivity contribution >= 4 is 22.5 Å². The fourth-order valence-electron chi connectivity index (χ4n) is 6.06. The third kappa shape index (κ3) is 5.83. The molecule has 3 aromatic carbocycles. The van der Waals surface area contributed by atoms with Crippen LogP contribution in [0, 0.1) is 11.6 Å². The predicted octanol–water partition coefficient (Wildman–Crippen LogP) is 5.31. The van der Waals surface area contributed by atoms with E-state index in [1.807, 2.05) is 19.1 Å². The Morgan fingerprint density at radius 2 is 1.74 bits per heavy atom. The molecule has 0 radical (unpaired) electrons. The largest absolute Gasteiger partial charge is 0.381 e. The van der Waals surface area contributed by atoms with E-state index in [2.05, 4.69) is 67.0 Å². The van der Waals surface area contributed by atoms with Crippen molar-refractivity contribution in [3.05, 3.63) is 119 Å². The molecule has 42 heavy (non-hydrogen) atoms. The lowest BCUT2D eigenvalue weighted by atomic mass is 9.85. The van der Waals surface area contributed by atoms with Crippen molar-refractivity contribution in [3.8, 4) is 0 Å². The number of para-hydroxylation sites is 1. The van der Waals surface area contributed by atoms with E-state index >= 15 is 4.39 Å². The fourth-order valence-corrected chi connectivity index (χ4v) is 6.19. The van der Waals surface area contributed by atoms with Crippen molar-refractivity contribution in [2.24, 2.45) is 0 Å². The molecule has 10 heteroatoms. The highest BCUT2D eigenvalue weighted by Crippen LogP contribution is 2.33. The summed E-state index contributed by atoms with van der Waals surface area (Å²) in [7, 11) is 0. The van der Waals surface area contributed by atoms with Crippen molar-refractivity contribution in [3.63, 3.8) is 0 Å². The van der Waals surface area contributed by atoms with Gasteiger partial charge in [0.2, 0.25) is 0 Å². The molecular weight excluding hydrogens is 558 g/mol. The van der Waals surface area contributed by atoms with Crippen LogP contribution >= 0.6 is 11.6 Å². The second-order valence-corrected chi connectivity index (χ2v) is 11.5. The van der Waals surface area contributed by atoms with Crippen LogP contribution in [0.1, 0.15) is 23.6 Å². The molecule has 2 atom stereocenters. The summed E-state index contributed by atoms with van der Waals surface area (Å²) < 4.78 is 32.5. The Morgan fingerprint density at radius 3 is 2.45 bits per heavy atom. The quantitative estimate of drug-likeness (QED) is 0.252. The Labute approximate surface area is 248 Å². The second kappa shape index (κ2) is 11.9. The van der Waals surface area contributed by atoms with Gasteiger partial charge in [-0.3, -0.25) is 9.80 Å². The zero-order valence-electron chi connectivity index (χ0n) is 23.4. The molecule has 0 aliphatic carbocycles. The van der Waals surface area contributed by atoms with Crippen LogP contribution in [0.2, 0.25) is 5.02 Å². The normalized spacial score (nSPS) is 17.0. The molecule has 5 aromatic rings. The molecule has 1 saturated heterocycles. The molecular formula is C32H33ClF2N6O. The van der Waals surface area contributed by atoms with Gasteiger partial charge in [0.05, 0.1) is 6.54 Å². The number of nitrogens with zero attached hydrogens (tertiary/aromatic N) is 6. The van der Waals surface area contributed by atoms with Gasteiger partial charge < -0.3 is 9.67 Å². The van der Waals surface area contributed by atoms with E-state index in [9.17, 15) is 9.50 Å². The summed E-state index contributed by atoms with van der Waals surface area (Å²) in [5, 5.41) is 18.1. The first-order chi connectivity index (χ1) is 20.3. The molecule has 0 amide bonds. The molecule has 218 valence electrons. The Morgan fingerprint density at radius 1 is 0.976 bits per heavy atom. The molecule has 0 spiro atoms. The maximum Gasteiger partial charge on any atom is 0.137 e. The number of fused-ring (bicyclic) bond motifs is 1. The van der Waals surface area contributed by atoms with Gasteiger partial charge in [-0.05, 0) is 42.3 Å². The van der Waals surface area contributed by atoms with Gasteiger partial charge in [-0.1, -0.05) is 48.0 Å². The van der Waals surface area contributed by atoms with Crippen LogP contribution in [0.25, 0.3) is 10.9 Å². The molecule has 6 rings (SSSR count). The van der Waals surface area contributed by atoms with Crippen LogP contribution in [0.5, 0.6) is 0 Å². The molecule has 2 aromatic heterocycles. The van der Waals surface area contributed by atoms with Crippen LogP contribution in [0.4, 0.5) is 8.78 Å². The molecule has 7 nitrogen and oxygen atoms in total. The number of aliphatic hydroxyl groups is 1. The van der Waals surface area contributed by atoms with E-state index in [-0.39, 0.29) is 12.1 Å². The van der Waals surface area contributed by atoms with Crippen LogP contribution < -0.4 is 0 Å². The van der Waals surface area contributed by atoms with Crippen LogP contribution in [-0.2, 0) is 25.2 Å². The highest BCUT2D eigenvalue weighted by Gasteiger charge is 2.42. The first-order valence-electron chi connectivity index (χ1n) is 14.1. The van der Waals surface area contributed by atoms with Crippen molar-refractivity contribution in [2.45, 2.75) is 38.2 Å². The van der Waals surface area contributed by atoms with Gasteiger partial charge in [-0.15, -0.1) is 0 Å². The van der Waals surface area contributed by atoms with Crippen LogP contribution in [0.15, 0.2) is 85.6 Å². The lowest BCUT2D eigenvalue weighted by Gasteiger charge is -2.45. The van der Waals surface area contributed by atoms with Gasteiger partial charge in [-0.25, -0.2) is 18.4 Å². The van der Waals surface area contributed by atoms with Crippen LogP contribution in [-0.4, -0.2) is 66.5 Å². The summed E-state index contributed by atoms with van der Waals surface area (Å²) in [6.45, 7) is 6.38. The minimum Gasteiger partial charge on any atom is -0.381 e. The average Bonchev–Trinajstić information content (AvgIpc) is 3.62. The number of hydrogen-bond acceptors (Lipinski definition) is 5. The Balaban J connectivity index is 1.18. The summed E-state index contributed by atoms with van der Waals surface area (Å²) in [5.41, 5.74) is 2.03. The van der Waals surface area contributed by atoms with E-state index in [1.165, 1.54) is 51.5 Å². The highest BCUT2D eigenvalue weighted by atomic mass is 35.5. The zero-order chi connectivity index (χ0) is 29.3. The minimum atomic E-state index is -1.65. The zero-order valence-corrected chi connectivity index (χ0v) is 24.1. The standard InChI is InChI=1S/C32H33ClF2N6O/c1-23(32(42,20-41-22-36-21-37-41)29-11-10-27(34)16-30(29)35)39-14-12-38(13-15-39)18-25-19-40(31-5-3-2-4-28(25)31)17-24-6-8-26(33)9-7-24/h2-11,16,19,21-23,42H,12-15,17-18,20H2,1H3/t23-,32-/m1/s1. The monoisotopic (exact) mass is 590 g/mol. The lowest BCUT2D eigenvalue weighted by Crippen LogP contribution is -2.57. The van der Waals surface area contributed by atoms with Gasteiger partial charge >= 0.3 is 0 Å². The maximum absolute atomic E-state index is 15.0. The number of halogens is 3. The van der Waals surface area contributed by atoms with Gasteiger partial charge in [0.1, 0.15) is 29.9 Å². The van der Waals surface area contributed by atoms with E-state index in [0.29, 0.717) is 13.1 Å². The summed E-state index contributed by atoms with van der Waals surface area (Å²) in [4.78, 5) is 8.54. The third-order valence-corrected chi connectivity index (χ3v) is 8.70. The Bertz CT molecular complexity index is 1650. The summed E-state index contributed by atoms with van der Waals surface area (Å²) in [6.07, 6.45) is 5.10. The van der Waals surface area contributed by atoms with Gasteiger partial charge in [0.15, 0.2) is 0 Å². The number of hydrogen-bond donors (Lipinski definition) is 1. The van der Waals surface area contributed by atoms with E-state index in [1.54, 1.807) is 0 Å². The first-order valence-corrected chi connectivity index (χ1v) is 14.5. The lowest BCUT2D eigenvalue weighted by molar-refractivity contribution is -0.0743. The molecule has 1 aliphatic heterocycles. The summed E-state index contributed by atoms with van der Waals surface area (Å²) in [5.74, 6) is -1.46. The molecule has 1 aliphatic rings. The molecule has 0 unspecified atom stereocenters. The maximum atomic E-state index is 15.0. The Hall–Kier alpha value is -3.63. The number of benzene rings is 3. The summed E-state index contributed by atoms with van der Waals surface area (Å²) in [6, 6.07) is 19.3. The predicted molar refractivity (Wildman–Crippen MR) is 159 cm³/mol. The van der Waals surface area contributed by atoms with Crippen LogP contribution in [0.3, 0.4) is 0 Å².